The van der Waals surface area contributed by atoms with E-state index >= 15 is 0 Å². The van der Waals surface area contributed by atoms with Crippen molar-refractivity contribution in [1.29, 1.82) is 0 Å². The number of aliphatic imine (C=N–C) groups is 3. The van der Waals surface area contributed by atoms with Gasteiger partial charge in [0.1, 0.15) is 0 Å². The van der Waals surface area contributed by atoms with Gasteiger partial charge in [0.2, 0.25) is 0 Å². The van der Waals surface area contributed by atoms with Crippen molar-refractivity contribution in [1.82, 2.24) is 5.32 Å². The molecule has 0 radical (unpaired) electrons. The zero-order valence-electron chi connectivity index (χ0n) is 43.7. The van der Waals surface area contributed by atoms with Crippen LogP contribution in [-0.2, 0) is 57.2 Å². The van der Waals surface area contributed by atoms with E-state index in [0.717, 1.165) is 45.4 Å². The summed E-state index contributed by atoms with van der Waals surface area (Å²) in [7, 11) is 8.26. The van der Waals surface area contributed by atoms with Crippen LogP contribution in [0, 0.1) is 45.8 Å². The third kappa shape index (κ3) is 10.8. The largest absolute Gasteiger partial charge is 0.469 e. The van der Waals surface area contributed by atoms with Gasteiger partial charge in [-0.05, 0) is 89.4 Å². The van der Waals surface area contributed by atoms with Gasteiger partial charge >= 0.3 is 35.8 Å². The summed E-state index contributed by atoms with van der Waals surface area (Å²) in [6.07, 6.45) is 7.10. The average Bonchev–Trinajstić information content (AvgIpc) is 3.95. The molecule has 0 aromatic rings. The Bertz CT molecular complexity index is 2220. The number of ether oxygens (including phenoxy) is 6. The highest BCUT2D eigenvalue weighted by Crippen LogP contribution is 2.62. The predicted octanol–water partition coefficient (Wildman–Crippen LogP) is 8.17. The molecule has 1 fully saturated rings. The maximum Gasteiger partial charge on any atom is 0.306 e. The van der Waals surface area contributed by atoms with Gasteiger partial charge < -0.3 is 33.7 Å². The van der Waals surface area contributed by atoms with Crippen LogP contribution in [0.2, 0.25) is 0 Å². The number of rotatable bonds is 20. The Hall–Kier alpha value is -5.15. The number of nitrogens with one attached hydrogen (secondary N) is 1. The molecule has 5 aliphatic heterocycles. The summed E-state index contributed by atoms with van der Waals surface area (Å²) in [6.45, 7) is 16.9. The summed E-state index contributed by atoms with van der Waals surface area (Å²) in [5, 5.41) is 3.87. The SMILES string of the molecule is COC(=O)CCCC1/C2=C/C3=NC(=C(/C)C4=NC([C@H](CC(=O)OC)[C@@]4(C)CCCC(=O)OC)[C@]4(C)N=C(/C(C)=C(\N2)C1C)[C@@H](CCCC(=O)OC)[C@]4(C)CC(=O)OC)/[C@@H](CCCC(=O)OC)C3(C)C. The van der Waals surface area contributed by atoms with E-state index in [1.807, 2.05) is 13.8 Å². The van der Waals surface area contributed by atoms with E-state index in [9.17, 15) is 28.8 Å². The fourth-order valence-corrected chi connectivity index (χ4v) is 12.4. The molecule has 5 rings (SSSR count). The highest BCUT2D eigenvalue weighted by atomic mass is 16.5. The van der Waals surface area contributed by atoms with Gasteiger partial charge in [-0.3, -0.25) is 43.7 Å². The van der Waals surface area contributed by atoms with Gasteiger partial charge in [-0.1, -0.05) is 34.6 Å². The van der Waals surface area contributed by atoms with E-state index < -0.39 is 51.6 Å². The Morgan fingerprint density at radius 1 is 0.652 bits per heavy atom. The zero-order chi connectivity index (χ0) is 51.2. The number of carbonyl (C=O) groups is 6. The number of carbonyl (C=O) groups excluding carboxylic acids is 6. The maximum absolute atomic E-state index is 13.9. The van der Waals surface area contributed by atoms with E-state index in [1.54, 1.807) is 0 Å². The number of esters is 6. The quantitative estimate of drug-likeness (QED) is 0.0904. The molecule has 0 amide bonds. The van der Waals surface area contributed by atoms with Crippen LogP contribution in [0.1, 0.15) is 145 Å². The lowest BCUT2D eigenvalue weighted by atomic mass is 9.55. The number of allylic oxidation sites excluding steroid dienone is 6. The van der Waals surface area contributed by atoms with Gasteiger partial charge in [-0.15, -0.1) is 0 Å². The Morgan fingerprint density at radius 2 is 1.16 bits per heavy atom. The first-order valence-corrected chi connectivity index (χ1v) is 24.6. The predicted molar refractivity (Wildman–Crippen MR) is 261 cm³/mol. The van der Waals surface area contributed by atoms with Gasteiger partial charge in [0.05, 0.1) is 67.1 Å². The monoisotopic (exact) mass is 963 g/mol. The van der Waals surface area contributed by atoms with E-state index in [-0.39, 0.29) is 80.2 Å². The van der Waals surface area contributed by atoms with Crippen LogP contribution in [0.5, 0.6) is 0 Å². The van der Waals surface area contributed by atoms with Crippen molar-refractivity contribution in [3.05, 3.63) is 34.3 Å². The molecule has 382 valence electrons. The second-order valence-corrected chi connectivity index (χ2v) is 20.9. The second-order valence-electron chi connectivity index (χ2n) is 20.9. The minimum absolute atomic E-state index is 0.0339. The zero-order valence-corrected chi connectivity index (χ0v) is 43.7. The lowest BCUT2D eigenvalue weighted by Gasteiger charge is -2.48. The van der Waals surface area contributed by atoms with Gasteiger partial charge in [0.15, 0.2) is 0 Å². The van der Waals surface area contributed by atoms with Crippen LogP contribution < -0.4 is 5.32 Å². The molecule has 3 unspecified atom stereocenters. The molecule has 69 heavy (non-hydrogen) atoms. The summed E-state index contributed by atoms with van der Waals surface area (Å²) in [5.74, 6) is -3.37. The number of hydrogen-bond acceptors (Lipinski definition) is 16. The third-order valence-electron chi connectivity index (χ3n) is 16.8. The maximum atomic E-state index is 13.9. The summed E-state index contributed by atoms with van der Waals surface area (Å²) < 4.78 is 31.2. The van der Waals surface area contributed by atoms with Crippen molar-refractivity contribution in [3.8, 4) is 0 Å². The molecular weight excluding hydrogens is 885 g/mol. The molecule has 1 saturated heterocycles. The summed E-state index contributed by atoms with van der Waals surface area (Å²) in [5.41, 5.74) is 3.27. The minimum Gasteiger partial charge on any atom is -0.469 e. The van der Waals surface area contributed by atoms with Gasteiger partial charge in [-0.25, -0.2) is 0 Å². The number of hydrogen-bond donors (Lipinski definition) is 1. The number of methoxy groups -OCH3 is 6. The molecule has 8 bridgehead atoms. The van der Waals surface area contributed by atoms with Gasteiger partial charge in [0, 0.05) is 106 Å². The van der Waals surface area contributed by atoms with Crippen LogP contribution in [-0.4, -0.2) is 107 Å². The molecule has 0 aliphatic carbocycles. The number of nitrogens with zero attached hydrogens (tertiary/aromatic N) is 3. The van der Waals surface area contributed by atoms with Crippen molar-refractivity contribution >= 4 is 53.0 Å². The highest BCUT2D eigenvalue weighted by molar-refractivity contribution is 6.10. The average molecular weight is 963 g/mol. The molecule has 5 heterocycles. The van der Waals surface area contributed by atoms with Crippen molar-refractivity contribution in [2.24, 2.45) is 60.8 Å². The normalized spacial score (nSPS) is 32.8. The summed E-state index contributed by atoms with van der Waals surface area (Å²) >= 11 is 0. The molecule has 9 atom stereocenters. The van der Waals surface area contributed by atoms with E-state index in [4.69, 9.17) is 43.4 Å². The molecule has 0 aromatic carbocycles. The topological polar surface area (TPSA) is 207 Å². The van der Waals surface area contributed by atoms with Crippen LogP contribution in [0.3, 0.4) is 0 Å². The Balaban J connectivity index is 1.92. The molecule has 16 heteroatoms. The van der Waals surface area contributed by atoms with E-state index in [1.165, 1.54) is 42.7 Å². The summed E-state index contributed by atoms with van der Waals surface area (Å²) in [6, 6.07) is -0.715. The van der Waals surface area contributed by atoms with Crippen molar-refractivity contribution in [3.63, 3.8) is 0 Å². The standard InChI is InChI=1S/C53H78N4O12/c1-30-33(19-15-22-39(58)64-9)37-28-38-50(4,5)34(20-16-23-40(59)65-10)46(55-38)32(3)48-51(6,26-18-25-42(61)67-12)36(27-43(62)68-13)49(56-48)53(8)52(7,29-44(63)69-14)35(21-17-24-41(60)66-11)47(57-53)31(2)45(30)54-37/h28,30,33-36,49,54H,15-27,29H2,1-14H3/b37-28-,45-31-,46-32-/t30?,33?,34-,35-,36+,49?,51-,52+,53+/m1/s1. The molecular formula is C53H78N4O12. The third-order valence-corrected chi connectivity index (χ3v) is 16.8. The van der Waals surface area contributed by atoms with Crippen molar-refractivity contribution in [2.75, 3.05) is 42.7 Å². The van der Waals surface area contributed by atoms with Crippen LogP contribution in [0.25, 0.3) is 0 Å². The molecule has 5 aliphatic rings. The highest BCUT2D eigenvalue weighted by Gasteiger charge is 2.66. The summed E-state index contributed by atoms with van der Waals surface area (Å²) in [4.78, 5) is 95.4. The first-order chi connectivity index (χ1) is 32.5. The fourth-order valence-electron chi connectivity index (χ4n) is 12.4. The number of fused-ring (bicyclic) bond motifs is 6. The minimum atomic E-state index is -1.17. The Kier molecular flexibility index (Phi) is 17.7. The Morgan fingerprint density at radius 3 is 1.70 bits per heavy atom. The van der Waals surface area contributed by atoms with Crippen LogP contribution in [0.4, 0.5) is 0 Å². The lowest BCUT2D eigenvalue weighted by molar-refractivity contribution is -0.147. The molecule has 1 N–H and O–H groups in total. The van der Waals surface area contributed by atoms with Gasteiger partial charge in [-0.2, -0.15) is 0 Å². The molecule has 0 aromatic heterocycles. The van der Waals surface area contributed by atoms with Gasteiger partial charge in [0.25, 0.3) is 0 Å². The van der Waals surface area contributed by atoms with E-state index in [0.29, 0.717) is 51.4 Å². The first kappa shape index (κ1) is 54.8. The van der Waals surface area contributed by atoms with Crippen molar-refractivity contribution < 1.29 is 57.2 Å². The lowest BCUT2D eigenvalue weighted by Crippen LogP contribution is -2.55. The first-order valence-electron chi connectivity index (χ1n) is 24.6. The smallest absolute Gasteiger partial charge is 0.306 e. The van der Waals surface area contributed by atoms with Crippen LogP contribution >= 0.6 is 0 Å². The fraction of sp³-hybridized carbons (Fsp3) is 0.717. The molecule has 16 nitrogen and oxygen atoms in total. The molecule has 0 spiro atoms. The van der Waals surface area contributed by atoms with E-state index in [2.05, 4.69) is 52.9 Å². The Labute approximate surface area is 409 Å². The van der Waals surface area contributed by atoms with Crippen molar-refractivity contribution in [2.45, 2.75) is 157 Å². The second kappa shape index (κ2) is 22.3. The molecule has 0 saturated carbocycles. The van der Waals surface area contributed by atoms with Crippen LogP contribution in [0.15, 0.2) is 49.3 Å².